The van der Waals surface area contributed by atoms with Crippen molar-refractivity contribution in [1.82, 2.24) is 20.5 Å². The Labute approximate surface area is 247 Å². The van der Waals surface area contributed by atoms with Crippen LogP contribution in [0.4, 0.5) is 21.9 Å². The van der Waals surface area contributed by atoms with Gasteiger partial charge in [-0.15, -0.1) is 0 Å². The fourth-order valence-electron chi connectivity index (χ4n) is 5.68. The average Bonchev–Trinajstić information content (AvgIpc) is 3.39. The van der Waals surface area contributed by atoms with Gasteiger partial charge in [-0.2, -0.15) is 0 Å². The molecule has 218 valence electrons. The normalized spacial score (nSPS) is 20.4. The van der Waals surface area contributed by atoms with Crippen molar-refractivity contribution < 1.29 is 19.5 Å². The maximum absolute atomic E-state index is 13.4. The predicted octanol–water partition coefficient (Wildman–Crippen LogP) is 2.53. The molecule has 3 heterocycles. The number of nitrogen functional groups attached to an aromatic ring is 1. The van der Waals surface area contributed by atoms with Crippen LogP contribution in [0.25, 0.3) is 0 Å². The Morgan fingerprint density at radius 1 is 1.07 bits per heavy atom. The minimum atomic E-state index is -1.11. The molecule has 12 nitrogen and oxygen atoms in total. The summed E-state index contributed by atoms with van der Waals surface area (Å²) >= 11 is 12.7. The average molecular weight is 604 g/mol. The van der Waals surface area contributed by atoms with Crippen LogP contribution in [0.15, 0.2) is 41.6 Å². The highest BCUT2D eigenvalue weighted by Crippen LogP contribution is 2.43. The lowest BCUT2D eigenvalue weighted by Gasteiger charge is -2.38. The third kappa shape index (κ3) is 5.12. The molecule has 0 saturated carbocycles. The van der Waals surface area contributed by atoms with Gasteiger partial charge in [0.15, 0.2) is 0 Å². The van der Waals surface area contributed by atoms with Crippen molar-refractivity contribution in [2.75, 3.05) is 55.4 Å². The van der Waals surface area contributed by atoms with E-state index in [1.165, 1.54) is 17.0 Å². The van der Waals surface area contributed by atoms with Crippen LogP contribution in [0.2, 0.25) is 10.0 Å². The minimum Gasteiger partial charge on any atom is -0.465 e. The smallest absolute Gasteiger partial charge is 0.408 e. The molecule has 0 spiro atoms. The number of nitrogens with zero attached hydrogens (tertiary/aromatic N) is 4. The maximum atomic E-state index is 13.4. The number of hydrogen-bond donors (Lipinski definition) is 5. The third-order valence-electron chi connectivity index (χ3n) is 7.89. The van der Waals surface area contributed by atoms with Crippen LogP contribution in [-0.4, -0.2) is 84.3 Å². The lowest BCUT2D eigenvalue weighted by atomic mass is 9.99. The van der Waals surface area contributed by atoms with E-state index in [4.69, 9.17) is 34.7 Å². The number of anilines is 3. The fraction of sp³-hybridized carbons (Fsp3) is 0.370. The number of halogens is 2. The summed E-state index contributed by atoms with van der Waals surface area (Å²) in [6, 6.07) is 8.24. The van der Waals surface area contributed by atoms with Gasteiger partial charge in [0.25, 0.3) is 11.8 Å². The Hall–Kier alpha value is -3.71. The molecule has 3 aliphatic rings. The molecule has 41 heavy (non-hydrogen) atoms. The van der Waals surface area contributed by atoms with E-state index >= 15 is 0 Å². The lowest BCUT2D eigenvalue weighted by molar-refractivity contribution is 0.0933. The van der Waals surface area contributed by atoms with E-state index < -0.39 is 23.7 Å². The Bertz CT molecular complexity index is 1450. The highest BCUT2D eigenvalue weighted by Gasteiger charge is 2.51. The molecular weight excluding hydrogens is 571 g/mol. The summed E-state index contributed by atoms with van der Waals surface area (Å²) in [4.78, 5) is 43.1. The molecule has 1 fully saturated rings. The van der Waals surface area contributed by atoms with Crippen molar-refractivity contribution in [1.29, 1.82) is 0 Å². The second-order valence-corrected chi connectivity index (χ2v) is 11.7. The number of rotatable bonds is 5. The Balaban J connectivity index is 1.44. The highest BCUT2D eigenvalue weighted by atomic mass is 35.5. The van der Waals surface area contributed by atoms with Gasteiger partial charge in [0.05, 0.1) is 50.5 Å². The predicted molar refractivity (Wildman–Crippen MR) is 158 cm³/mol. The first-order valence-electron chi connectivity index (χ1n) is 13.0. The Morgan fingerprint density at radius 2 is 1.71 bits per heavy atom. The van der Waals surface area contributed by atoms with Crippen molar-refractivity contribution >= 4 is 58.2 Å². The number of nitrogens with two attached hydrogens (primary N) is 2. The van der Waals surface area contributed by atoms with Gasteiger partial charge in [-0.25, -0.2) is 10.2 Å². The molecule has 1 unspecified atom stereocenters. The molecule has 2 aromatic carbocycles. The Kier molecular flexibility index (Phi) is 7.45. The van der Waals surface area contributed by atoms with Gasteiger partial charge in [0.1, 0.15) is 6.17 Å². The first-order valence-corrected chi connectivity index (χ1v) is 13.8. The largest absolute Gasteiger partial charge is 0.465 e. The standard InChI is InChI=1S/C27H32Cl2N8O4/c1-27(2)22-16(13-36(27)26(40)41)24(33-37(22)15-11-17(28)21(23(31)38)18(29)12-15)32-25(39)14-4-5-20(19(30)10-14)35-8-6-34(3)7-9-35/h4-5,10-12,24,33H,6-9,13,30H2,1-3H3,(H2,31,38)(H,32,39)(H,40,41). The van der Waals surface area contributed by atoms with Crippen LogP contribution in [-0.2, 0) is 0 Å². The van der Waals surface area contributed by atoms with Crippen LogP contribution >= 0.6 is 23.2 Å². The molecule has 0 radical (unpaired) electrons. The summed E-state index contributed by atoms with van der Waals surface area (Å²) in [5.41, 5.74) is 17.5. The zero-order chi connectivity index (χ0) is 29.8. The maximum Gasteiger partial charge on any atom is 0.408 e. The number of hydrogen-bond acceptors (Lipinski definition) is 8. The lowest BCUT2D eigenvalue weighted by Crippen LogP contribution is -2.55. The molecule has 1 atom stereocenters. The number of primary amides is 1. The van der Waals surface area contributed by atoms with E-state index in [0.717, 1.165) is 31.9 Å². The van der Waals surface area contributed by atoms with Crippen molar-refractivity contribution in [2.45, 2.75) is 25.6 Å². The van der Waals surface area contributed by atoms with Crippen LogP contribution in [0.1, 0.15) is 34.6 Å². The van der Waals surface area contributed by atoms with Crippen molar-refractivity contribution in [3.8, 4) is 0 Å². The van der Waals surface area contributed by atoms with Gasteiger partial charge in [0.2, 0.25) is 0 Å². The molecule has 0 bridgehead atoms. The third-order valence-corrected chi connectivity index (χ3v) is 8.48. The number of likely N-dealkylation sites (N-methyl/N-ethyl adjacent to an activating group) is 1. The molecule has 14 heteroatoms. The monoisotopic (exact) mass is 602 g/mol. The number of piperazine rings is 1. The van der Waals surface area contributed by atoms with E-state index in [1.54, 1.807) is 31.0 Å². The first kappa shape index (κ1) is 28.8. The molecule has 0 aliphatic carbocycles. The zero-order valence-corrected chi connectivity index (χ0v) is 24.4. The molecule has 0 aromatic heterocycles. The summed E-state index contributed by atoms with van der Waals surface area (Å²) in [5, 5.41) is 14.6. The topological polar surface area (TPSA) is 160 Å². The zero-order valence-electron chi connectivity index (χ0n) is 22.9. The van der Waals surface area contributed by atoms with E-state index in [-0.39, 0.29) is 28.1 Å². The number of nitrogens with one attached hydrogen (secondary N) is 2. The van der Waals surface area contributed by atoms with Gasteiger partial charge >= 0.3 is 6.09 Å². The molecular formula is C27H32Cl2N8O4. The van der Waals surface area contributed by atoms with Crippen LogP contribution < -0.4 is 32.1 Å². The summed E-state index contributed by atoms with van der Waals surface area (Å²) in [6.45, 7) is 7.12. The quantitative estimate of drug-likeness (QED) is 0.324. The number of hydrazine groups is 1. The number of benzene rings is 2. The van der Waals surface area contributed by atoms with Crippen molar-refractivity contribution in [3.05, 3.63) is 62.8 Å². The first-order chi connectivity index (χ1) is 19.3. The molecule has 2 aromatic rings. The molecule has 1 saturated heterocycles. The summed E-state index contributed by atoms with van der Waals surface area (Å²) in [7, 11) is 2.08. The summed E-state index contributed by atoms with van der Waals surface area (Å²) in [6.07, 6.45) is -1.87. The van der Waals surface area contributed by atoms with E-state index in [0.29, 0.717) is 28.2 Å². The van der Waals surface area contributed by atoms with Crippen molar-refractivity contribution in [2.24, 2.45) is 5.73 Å². The molecule has 3 aliphatic heterocycles. The number of amides is 3. The van der Waals surface area contributed by atoms with Gasteiger partial charge in [-0.05, 0) is 51.2 Å². The van der Waals surface area contributed by atoms with Gasteiger partial charge < -0.3 is 31.7 Å². The SMILES string of the molecule is CN1CCN(c2ccc(C(=O)NC3NN(c4cc(Cl)c(C(N)=O)c(Cl)c4)C4=C3CN(C(=O)O)C4(C)C)cc2N)CC1. The van der Waals surface area contributed by atoms with E-state index in [2.05, 4.69) is 27.6 Å². The summed E-state index contributed by atoms with van der Waals surface area (Å²) < 4.78 is 0. The second kappa shape index (κ2) is 10.6. The molecule has 5 rings (SSSR count). The highest BCUT2D eigenvalue weighted by molar-refractivity contribution is 6.40. The van der Waals surface area contributed by atoms with E-state index in [1.807, 2.05) is 6.07 Å². The van der Waals surface area contributed by atoms with Crippen LogP contribution in [0.5, 0.6) is 0 Å². The minimum absolute atomic E-state index is 0.0224. The number of carbonyl (C=O) groups excluding carboxylic acids is 2. The van der Waals surface area contributed by atoms with Crippen LogP contribution in [0, 0.1) is 0 Å². The van der Waals surface area contributed by atoms with Crippen molar-refractivity contribution in [3.63, 3.8) is 0 Å². The van der Waals surface area contributed by atoms with Crippen LogP contribution in [0.3, 0.4) is 0 Å². The second-order valence-electron chi connectivity index (χ2n) is 10.9. The van der Waals surface area contributed by atoms with Gasteiger partial charge in [0, 0.05) is 37.3 Å². The van der Waals surface area contributed by atoms with E-state index in [9.17, 15) is 19.5 Å². The molecule has 7 N–H and O–H groups in total. The summed E-state index contributed by atoms with van der Waals surface area (Å²) in [5.74, 6) is -1.17. The number of carboxylic acid groups (broad SMARTS) is 1. The Morgan fingerprint density at radius 3 is 2.27 bits per heavy atom. The van der Waals surface area contributed by atoms with Gasteiger partial charge in [-0.3, -0.25) is 19.5 Å². The van der Waals surface area contributed by atoms with Gasteiger partial charge in [-0.1, -0.05) is 23.2 Å². The molecule has 3 amide bonds. The fourth-order valence-corrected chi connectivity index (χ4v) is 6.34. The number of carbonyl (C=O) groups is 3.